The molecule has 1 aromatic heterocycles. The number of nitrogens with zero attached hydrogens (tertiary/aromatic N) is 3. The highest BCUT2D eigenvalue weighted by molar-refractivity contribution is 5.79. The van der Waals surface area contributed by atoms with E-state index in [1.807, 2.05) is 31.2 Å². The molecule has 3 aromatic rings. The molecule has 1 saturated heterocycles. The molecule has 1 aliphatic heterocycles. The molecule has 0 spiro atoms. The number of methoxy groups -OCH3 is 3. The van der Waals surface area contributed by atoms with Crippen molar-refractivity contribution in [1.29, 1.82) is 0 Å². The van der Waals surface area contributed by atoms with Crippen LogP contribution in [0, 0.1) is 0 Å². The van der Waals surface area contributed by atoms with Gasteiger partial charge in [-0.15, -0.1) is 13.2 Å². The summed E-state index contributed by atoms with van der Waals surface area (Å²) < 4.78 is 65.2. The zero-order valence-corrected chi connectivity index (χ0v) is 21.2. The summed E-state index contributed by atoms with van der Waals surface area (Å²) in [6, 6.07) is 13.0. The van der Waals surface area contributed by atoms with E-state index in [0.29, 0.717) is 11.3 Å². The standard InChI is InChI=1S/C26H28F3N3O6/c1-16-22(33-2)23(34-3)24(35-4)25(36-16)38-31-13-17-5-9-19(10-6-17)32-14-21(30-15-32)18-7-11-20(12-8-18)37-26(27,28)29/h5-16,22-25H,1-4H3/b31-13+/t16-,22-,23+,24+,25-/m0/s1. The van der Waals surface area contributed by atoms with Crippen LogP contribution >= 0.6 is 0 Å². The summed E-state index contributed by atoms with van der Waals surface area (Å²) in [6.07, 6.45) is -2.09. The summed E-state index contributed by atoms with van der Waals surface area (Å²) in [4.78, 5) is 9.93. The lowest BCUT2D eigenvalue weighted by atomic mass is 9.99. The van der Waals surface area contributed by atoms with Gasteiger partial charge in [0.2, 0.25) is 0 Å². The molecule has 5 atom stereocenters. The second-order valence-electron chi connectivity index (χ2n) is 8.48. The molecule has 0 unspecified atom stereocenters. The highest BCUT2D eigenvalue weighted by Gasteiger charge is 2.46. The van der Waals surface area contributed by atoms with Crippen LogP contribution in [0.3, 0.4) is 0 Å². The van der Waals surface area contributed by atoms with E-state index in [-0.39, 0.29) is 24.1 Å². The van der Waals surface area contributed by atoms with E-state index >= 15 is 0 Å². The number of rotatable bonds is 9. The number of hydrogen-bond acceptors (Lipinski definition) is 8. The topological polar surface area (TPSA) is 85.6 Å². The molecular formula is C26H28F3N3O6. The van der Waals surface area contributed by atoms with Crippen LogP contribution < -0.4 is 4.74 Å². The van der Waals surface area contributed by atoms with Crippen LogP contribution in [0.15, 0.2) is 66.2 Å². The minimum atomic E-state index is -4.73. The summed E-state index contributed by atoms with van der Waals surface area (Å²) in [7, 11) is 4.71. The van der Waals surface area contributed by atoms with Crippen molar-refractivity contribution in [2.24, 2.45) is 5.16 Å². The third-order valence-corrected chi connectivity index (χ3v) is 6.07. The van der Waals surface area contributed by atoms with Gasteiger partial charge >= 0.3 is 6.36 Å². The zero-order valence-electron chi connectivity index (χ0n) is 21.2. The van der Waals surface area contributed by atoms with Crippen LogP contribution in [-0.4, -0.2) is 74.2 Å². The van der Waals surface area contributed by atoms with Crippen molar-refractivity contribution in [3.8, 4) is 22.7 Å². The molecule has 12 heteroatoms. The van der Waals surface area contributed by atoms with E-state index in [9.17, 15) is 13.2 Å². The molecule has 2 heterocycles. The first-order valence-electron chi connectivity index (χ1n) is 11.7. The fraction of sp³-hybridized carbons (Fsp3) is 0.385. The number of hydrogen-bond donors (Lipinski definition) is 0. The van der Waals surface area contributed by atoms with Crippen molar-refractivity contribution < 1.29 is 41.7 Å². The third-order valence-electron chi connectivity index (χ3n) is 6.07. The average Bonchev–Trinajstić information content (AvgIpc) is 3.38. The molecule has 9 nitrogen and oxygen atoms in total. The Bertz CT molecular complexity index is 1200. The van der Waals surface area contributed by atoms with Crippen molar-refractivity contribution in [3.63, 3.8) is 0 Å². The molecule has 38 heavy (non-hydrogen) atoms. The zero-order chi connectivity index (χ0) is 27.3. The van der Waals surface area contributed by atoms with Crippen LogP contribution in [0.25, 0.3) is 16.9 Å². The van der Waals surface area contributed by atoms with E-state index in [1.54, 1.807) is 44.6 Å². The number of halogens is 3. The van der Waals surface area contributed by atoms with Gasteiger partial charge in [-0.1, -0.05) is 17.3 Å². The highest BCUT2D eigenvalue weighted by atomic mass is 19.4. The molecular weight excluding hydrogens is 507 g/mol. The molecule has 0 saturated carbocycles. The van der Waals surface area contributed by atoms with E-state index in [1.165, 1.54) is 24.3 Å². The van der Waals surface area contributed by atoms with Gasteiger partial charge in [0.15, 0.2) is 6.10 Å². The van der Waals surface area contributed by atoms with Gasteiger partial charge in [0, 0.05) is 38.8 Å². The van der Waals surface area contributed by atoms with Crippen LogP contribution in [0.1, 0.15) is 12.5 Å². The van der Waals surface area contributed by atoms with Crippen LogP contribution in [0.5, 0.6) is 5.75 Å². The van der Waals surface area contributed by atoms with E-state index < -0.39 is 18.8 Å². The molecule has 0 bridgehead atoms. The lowest BCUT2D eigenvalue weighted by Crippen LogP contribution is -2.59. The Labute approximate surface area is 217 Å². The number of ether oxygens (including phenoxy) is 5. The maximum Gasteiger partial charge on any atom is 0.573 e. The summed E-state index contributed by atoms with van der Waals surface area (Å²) in [5.74, 6) is -0.290. The van der Waals surface area contributed by atoms with Gasteiger partial charge < -0.3 is 33.1 Å². The summed E-state index contributed by atoms with van der Waals surface area (Å²) >= 11 is 0. The lowest BCUT2D eigenvalue weighted by Gasteiger charge is -2.42. The Morgan fingerprint density at radius 3 is 2.18 bits per heavy atom. The summed E-state index contributed by atoms with van der Waals surface area (Å²) in [5.41, 5.74) is 2.86. The van der Waals surface area contributed by atoms with E-state index in [2.05, 4.69) is 14.9 Å². The van der Waals surface area contributed by atoms with Crippen molar-refractivity contribution in [1.82, 2.24) is 9.55 Å². The SMILES string of the molecule is CO[C@@H]1[C@@H](OC)[C@H](C)O[C@@H](O/N=C/c2ccc(-n3cnc(-c4ccc(OC(F)(F)F)cc4)c3)cc2)[C@@H]1OC. The van der Waals surface area contributed by atoms with Crippen LogP contribution in [-0.2, 0) is 23.8 Å². The molecule has 0 radical (unpaired) electrons. The second kappa shape index (κ2) is 11.9. The molecule has 0 N–H and O–H groups in total. The van der Waals surface area contributed by atoms with Crippen molar-refractivity contribution in [2.75, 3.05) is 21.3 Å². The number of aromatic nitrogens is 2. The van der Waals surface area contributed by atoms with E-state index in [0.717, 1.165) is 11.3 Å². The van der Waals surface area contributed by atoms with Crippen molar-refractivity contribution in [2.45, 2.75) is 44.0 Å². The smallest absolute Gasteiger partial charge is 0.406 e. The Kier molecular flexibility index (Phi) is 8.67. The molecule has 204 valence electrons. The predicted molar refractivity (Wildman–Crippen MR) is 131 cm³/mol. The maximum absolute atomic E-state index is 12.4. The van der Waals surface area contributed by atoms with Crippen LogP contribution in [0.4, 0.5) is 13.2 Å². The first-order chi connectivity index (χ1) is 18.2. The number of benzene rings is 2. The average molecular weight is 536 g/mol. The first kappa shape index (κ1) is 27.6. The van der Waals surface area contributed by atoms with Crippen molar-refractivity contribution >= 4 is 6.21 Å². The number of imidazole rings is 1. The number of alkyl halides is 3. The molecule has 1 fully saturated rings. The molecule has 4 rings (SSSR count). The summed E-state index contributed by atoms with van der Waals surface area (Å²) in [5, 5.41) is 4.07. The predicted octanol–water partition coefficient (Wildman–Crippen LogP) is 4.58. The van der Waals surface area contributed by atoms with Crippen molar-refractivity contribution in [3.05, 3.63) is 66.6 Å². The van der Waals surface area contributed by atoms with E-state index in [4.69, 9.17) is 23.8 Å². The Morgan fingerprint density at radius 2 is 1.58 bits per heavy atom. The van der Waals surface area contributed by atoms with Gasteiger partial charge in [-0.25, -0.2) is 4.98 Å². The quantitative estimate of drug-likeness (QED) is 0.293. The minimum absolute atomic E-state index is 0.290. The van der Waals surface area contributed by atoms with Gasteiger partial charge in [0.25, 0.3) is 6.29 Å². The van der Waals surface area contributed by atoms with Gasteiger partial charge in [-0.2, -0.15) is 0 Å². The molecule has 0 aliphatic carbocycles. The minimum Gasteiger partial charge on any atom is -0.406 e. The fourth-order valence-corrected chi connectivity index (χ4v) is 4.22. The Balaban J connectivity index is 1.38. The van der Waals surface area contributed by atoms with Gasteiger partial charge in [-0.05, 0) is 48.9 Å². The molecule has 1 aliphatic rings. The Morgan fingerprint density at radius 1 is 0.921 bits per heavy atom. The molecule has 0 amide bonds. The first-order valence-corrected chi connectivity index (χ1v) is 11.7. The monoisotopic (exact) mass is 535 g/mol. The normalized spacial score (nSPS) is 24.0. The number of oxime groups is 1. The van der Waals surface area contributed by atoms with Gasteiger partial charge in [0.1, 0.15) is 18.0 Å². The van der Waals surface area contributed by atoms with Gasteiger partial charge in [0.05, 0.1) is 24.3 Å². The lowest BCUT2D eigenvalue weighted by molar-refractivity contribution is -0.305. The fourth-order valence-electron chi connectivity index (χ4n) is 4.22. The third kappa shape index (κ3) is 6.51. The highest BCUT2D eigenvalue weighted by Crippen LogP contribution is 2.28. The Hall–Kier alpha value is -3.45. The maximum atomic E-state index is 12.4. The van der Waals surface area contributed by atoms with Gasteiger partial charge in [-0.3, -0.25) is 0 Å². The largest absolute Gasteiger partial charge is 0.573 e. The molecule has 2 aromatic carbocycles. The second-order valence-corrected chi connectivity index (χ2v) is 8.48. The van der Waals surface area contributed by atoms with Crippen LogP contribution in [0.2, 0.25) is 0 Å². The summed E-state index contributed by atoms with van der Waals surface area (Å²) in [6.45, 7) is 1.86.